The molecule has 0 amide bonds. The van der Waals surface area contributed by atoms with Crippen molar-refractivity contribution in [1.29, 1.82) is 0 Å². The molecule has 0 saturated heterocycles. The molecule has 0 aromatic carbocycles. The third-order valence-corrected chi connectivity index (χ3v) is 2.91. The number of ketones is 1. The Labute approximate surface area is 72.6 Å². The first-order chi connectivity index (χ1) is 5.70. The molecule has 12 heavy (non-hydrogen) atoms. The smallest absolute Gasteiger partial charge is 0.159 e. The fourth-order valence-corrected chi connectivity index (χ4v) is 2.46. The number of allylic oxidation sites excluding steroid dienone is 1. The maximum absolute atomic E-state index is 11.3. The monoisotopic (exact) mass is 166 g/mol. The lowest BCUT2D eigenvalue weighted by Gasteiger charge is -2.09. The zero-order chi connectivity index (χ0) is 8.72. The van der Waals surface area contributed by atoms with Gasteiger partial charge in [-0.25, -0.2) is 0 Å². The number of fused-ring (bicyclic) bond motifs is 1. The van der Waals surface area contributed by atoms with Gasteiger partial charge >= 0.3 is 0 Å². The van der Waals surface area contributed by atoms with Crippen LogP contribution in [-0.2, 0) is 9.53 Å². The Morgan fingerprint density at radius 2 is 2.25 bits per heavy atom. The molecule has 0 aromatic heterocycles. The Balaban J connectivity index is 2.29. The van der Waals surface area contributed by atoms with Gasteiger partial charge in [0.2, 0.25) is 0 Å². The maximum atomic E-state index is 11.3. The van der Waals surface area contributed by atoms with Gasteiger partial charge in [-0.2, -0.15) is 0 Å². The molecule has 1 fully saturated rings. The fourth-order valence-electron chi connectivity index (χ4n) is 2.46. The summed E-state index contributed by atoms with van der Waals surface area (Å²) < 4.78 is 5.62. The minimum atomic E-state index is 0.196. The number of ether oxygens (including phenoxy) is 1. The van der Waals surface area contributed by atoms with Crippen molar-refractivity contribution in [3.63, 3.8) is 0 Å². The molecule has 0 radical (unpaired) electrons. The van der Waals surface area contributed by atoms with Crippen LogP contribution in [0.4, 0.5) is 0 Å². The molecule has 1 aliphatic heterocycles. The standard InChI is InChI=1S/C10H14O2/c1-6(11)10-7(2)12-9-5-3-4-8(9)10/h8-9H,3-5H2,1-2H3. The zero-order valence-electron chi connectivity index (χ0n) is 7.59. The molecule has 2 heteroatoms. The van der Waals surface area contributed by atoms with Gasteiger partial charge in [0.05, 0.1) is 0 Å². The quantitative estimate of drug-likeness (QED) is 0.596. The van der Waals surface area contributed by atoms with E-state index in [-0.39, 0.29) is 5.78 Å². The molecule has 2 unspecified atom stereocenters. The molecular weight excluding hydrogens is 152 g/mol. The Kier molecular flexibility index (Phi) is 1.71. The van der Waals surface area contributed by atoms with Gasteiger partial charge in [-0.15, -0.1) is 0 Å². The first kappa shape index (κ1) is 7.84. The van der Waals surface area contributed by atoms with Crippen molar-refractivity contribution in [2.45, 2.75) is 39.2 Å². The number of hydrogen-bond donors (Lipinski definition) is 0. The average molecular weight is 166 g/mol. The van der Waals surface area contributed by atoms with Gasteiger partial charge < -0.3 is 4.74 Å². The van der Waals surface area contributed by atoms with Crippen LogP contribution in [0, 0.1) is 5.92 Å². The Bertz CT molecular complexity index is 253. The van der Waals surface area contributed by atoms with Crippen LogP contribution >= 0.6 is 0 Å². The lowest BCUT2D eigenvalue weighted by atomic mass is 9.94. The van der Waals surface area contributed by atoms with Crippen molar-refractivity contribution in [2.24, 2.45) is 5.92 Å². The molecule has 1 saturated carbocycles. The molecule has 2 nitrogen and oxygen atoms in total. The summed E-state index contributed by atoms with van der Waals surface area (Å²) >= 11 is 0. The van der Waals surface area contributed by atoms with Gasteiger partial charge in [0.15, 0.2) is 5.78 Å². The predicted octanol–water partition coefficient (Wildman–Crippen LogP) is 2.05. The highest BCUT2D eigenvalue weighted by Gasteiger charge is 2.39. The van der Waals surface area contributed by atoms with Crippen molar-refractivity contribution >= 4 is 5.78 Å². The normalized spacial score (nSPS) is 33.5. The highest BCUT2D eigenvalue weighted by Crippen LogP contribution is 2.41. The van der Waals surface area contributed by atoms with Gasteiger partial charge in [0.1, 0.15) is 11.9 Å². The highest BCUT2D eigenvalue weighted by molar-refractivity contribution is 5.94. The van der Waals surface area contributed by atoms with E-state index in [1.165, 1.54) is 6.42 Å². The van der Waals surface area contributed by atoms with Crippen LogP contribution in [0.5, 0.6) is 0 Å². The van der Waals surface area contributed by atoms with Gasteiger partial charge in [-0.1, -0.05) is 0 Å². The topological polar surface area (TPSA) is 26.3 Å². The molecule has 0 N–H and O–H groups in total. The van der Waals surface area contributed by atoms with E-state index >= 15 is 0 Å². The summed E-state index contributed by atoms with van der Waals surface area (Å²) in [5.41, 5.74) is 0.956. The summed E-state index contributed by atoms with van der Waals surface area (Å²) in [6, 6.07) is 0. The second-order valence-corrected chi connectivity index (χ2v) is 3.72. The van der Waals surface area contributed by atoms with Crippen LogP contribution in [-0.4, -0.2) is 11.9 Å². The van der Waals surface area contributed by atoms with Gasteiger partial charge in [0, 0.05) is 11.5 Å². The lowest BCUT2D eigenvalue weighted by molar-refractivity contribution is -0.114. The van der Waals surface area contributed by atoms with Gasteiger partial charge in [0.25, 0.3) is 0 Å². The van der Waals surface area contributed by atoms with Crippen molar-refractivity contribution in [1.82, 2.24) is 0 Å². The third kappa shape index (κ3) is 0.977. The molecule has 2 rings (SSSR count). The number of rotatable bonds is 1. The number of carbonyl (C=O) groups is 1. The Morgan fingerprint density at radius 1 is 1.50 bits per heavy atom. The van der Waals surface area contributed by atoms with Crippen LogP contribution in [0.15, 0.2) is 11.3 Å². The van der Waals surface area contributed by atoms with E-state index in [2.05, 4.69) is 0 Å². The molecular formula is C10H14O2. The molecule has 66 valence electrons. The second-order valence-electron chi connectivity index (χ2n) is 3.72. The summed E-state index contributed by atoms with van der Waals surface area (Å²) in [6.07, 6.45) is 3.79. The largest absolute Gasteiger partial charge is 0.494 e. The first-order valence-corrected chi connectivity index (χ1v) is 4.58. The summed E-state index contributed by atoms with van der Waals surface area (Å²) in [5, 5.41) is 0. The van der Waals surface area contributed by atoms with Crippen LogP contribution in [0.25, 0.3) is 0 Å². The lowest BCUT2D eigenvalue weighted by Crippen LogP contribution is -2.13. The summed E-state index contributed by atoms with van der Waals surface area (Å²) in [4.78, 5) is 11.3. The fraction of sp³-hybridized carbons (Fsp3) is 0.700. The Hall–Kier alpha value is -0.790. The van der Waals surface area contributed by atoms with Crippen LogP contribution in [0.3, 0.4) is 0 Å². The number of Topliss-reactive ketones (excluding diaryl/α,β-unsaturated/α-hetero) is 1. The van der Waals surface area contributed by atoms with Gasteiger partial charge in [-0.05, 0) is 33.1 Å². The zero-order valence-corrected chi connectivity index (χ0v) is 7.59. The molecule has 0 bridgehead atoms. The van der Waals surface area contributed by atoms with E-state index in [0.29, 0.717) is 12.0 Å². The van der Waals surface area contributed by atoms with Crippen LogP contribution in [0.1, 0.15) is 33.1 Å². The van der Waals surface area contributed by atoms with E-state index in [0.717, 1.165) is 24.2 Å². The number of hydrogen-bond acceptors (Lipinski definition) is 2. The van der Waals surface area contributed by atoms with E-state index in [4.69, 9.17) is 4.74 Å². The SMILES string of the molecule is CC(=O)C1=C(C)OC2CCCC12. The first-order valence-electron chi connectivity index (χ1n) is 4.58. The highest BCUT2D eigenvalue weighted by atomic mass is 16.5. The maximum Gasteiger partial charge on any atom is 0.159 e. The van der Waals surface area contributed by atoms with Crippen LogP contribution in [0.2, 0.25) is 0 Å². The molecule has 2 atom stereocenters. The second kappa shape index (κ2) is 2.61. The van der Waals surface area contributed by atoms with Crippen molar-refractivity contribution in [2.75, 3.05) is 0 Å². The summed E-state index contributed by atoms with van der Waals surface area (Å²) in [5.74, 6) is 1.49. The predicted molar refractivity (Wildman–Crippen MR) is 45.6 cm³/mol. The number of carbonyl (C=O) groups excluding carboxylic acids is 1. The molecule has 1 heterocycles. The van der Waals surface area contributed by atoms with E-state index in [9.17, 15) is 4.79 Å². The van der Waals surface area contributed by atoms with E-state index in [1.807, 2.05) is 6.92 Å². The third-order valence-electron chi connectivity index (χ3n) is 2.91. The van der Waals surface area contributed by atoms with Crippen molar-refractivity contribution < 1.29 is 9.53 Å². The minimum absolute atomic E-state index is 0.196. The minimum Gasteiger partial charge on any atom is -0.494 e. The van der Waals surface area contributed by atoms with Gasteiger partial charge in [-0.3, -0.25) is 4.79 Å². The Morgan fingerprint density at radius 3 is 2.92 bits per heavy atom. The van der Waals surface area contributed by atoms with E-state index < -0.39 is 0 Å². The molecule has 2 aliphatic rings. The summed E-state index contributed by atoms with van der Waals surface area (Å²) in [6.45, 7) is 3.55. The molecule has 0 spiro atoms. The molecule has 0 aromatic rings. The summed E-state index contributed by atoms with van der Waals surface area (Å²) in [7, 11) is 0. The van der Waals surface area contributed by atoms with Crippen molar-refractivity contribution in [3.05, 3.63) is 11.3 Å². The van der Waals surface area contributed by atoms with E-state index in [1.54, 1.807) is 6.92 Å². The average Bonchev–Trinajstić information content (AvgIpc) is 2.44. The molecule has 1 aliphatic carbocycles. The van der Waals surface area contributed by atoms with Crippen LogP contribution < -0.4 is 0 Å². The van der Waals surface area contributed by atoms with Crippen molar-refractivity contribution in [3.8, 4) is 0 Å².